The van der Waals surface area contributed by atoms with E-state index in [1.165, 1.54) is 28.4 Å². The van der Waals surface area contributed by atoms with Gasteiger partial charge in [-0.2, -0.15) is 15.2 Å². The van der Waals surface area contributed by atoms with Crippen LogP contribution in [-0.4, -0.2) is 84.3 Å². The molecule has 10 heteroatoms. The summed E-state index contributed by atoms with van der Waals surface area (Å²) in [4.78, 5) is 32.2. The van der Waals surface area contributed by atoms with Crippen molar-refractivity contribution in [3.05, 3.63) is 89.1 Å². The lowest BCUT2D eigenvalue weighted by Crippen LogP contribution is -2.55. The highest BCUT2D eigenvalue weighted by Crippen LogP contribution is 2.35. The molecule has 254 valence electrons. The SMILES string of the molecule is Cc1cccc2cccc(N3CCCc4c(nc(OC[C@@H]5CCCN5C)nc4N4CCN(C(=O)OCc5ccccc5)[C@@H](CC#N)C4)C3)c12. The van der Waals surface area contributed by atoms with Crippen LogP contribution in [0.25, 0.3) is 10.8 Å². The second-order valence-corrected chi connectivity index (χ2v) is 13.5. The first-order valence-electron chi connectivity index (χ1n) is 17.5. The topological polar surface area (TPSA) is 98.1 Å². The van der Waals surface area contributed by atoms with Gasteiger partial charge in [0.1, 0.15) is 19.0 Å². The number of nitrogens with zero attached hydrogens (tertiary/aromatic N) is 7. The molecular formula is C39H45N7O3. The first-order valence-corrected chi connectivity index (χ1v) is 17.5. The number of rotatable bonds is 8. The number of piperazine rings is 1. The van der Waals surface area contributed by atoms with E-state index in [4.69, 9.17) is 19.4 Å². The molecule has 3 aromatic carbocycles. The Bertz CT molecular complexity index is 1820. The zero-order chi connectivity index (χ0) is 33.7. The fourth-order valence-electron chi connectivity index (χ4n) is 7.62. The van der Waals surface area contributed by atoms with E-state index < -0.39 is 6.09 Å². The molecular weight excluding hydrogens is 614 g/mol. The molecule has 0 saturated carbocycles. The lowest BCUT2D eigenvalue weighted by Gasteiger charge is -2.41. The fourth-order valence-corrected chi connectivity index (χ4v) is 7.62. The largest absolute Gasteiger partial charge is 0.462 e. The smallest absolute Gasteiger partial charge is 0.410 e. The van der Waals surface area contributed by atoms with Crippen LogP contribution in [0, 0.1) is 18.3 Å². The van der Waals surface area contributed by atoms with E-state index in [-0.39, 0.29) is 19.1 Å². The summed E-state index contributed by atoms with van der Waals surface area (Å²) in [6.07, 6.45) is 3.86. The quantitative estimate of drug-likeness (QED) is 0.222. The van der Waals surface area contributed by atoms with Gasteiger partial charge >= 0.3 is 12.1 Å². The van der Waals surface area contributed by atoms with E-state index in [0.717, 1.165) is 55.0 Å². The van der Waals surface area contributed by atoms with Crippen molar-refractivity contribution in [3.8, 4) is 12.1 Å². The molecule has 1 aromatic heterocycles. The molecule has 0 unspecified atom stereocenters. The van der Waals surface area contributed by atoms with Crippen molar-refractivity contribution in [2.45, 2.75) is 64.3 Å². The van der Waals surface area contributed by atoms with Crippen molar-refractivity contribution in [1.82, 2.24) is 19.8 Å². The van der Waals surface area contributed by atoms with Gasteiger partial charge in [-0.25, -0.2) is 4.79 Å². The maximum absolute atomic E-state index is 13.3. The predicted octanol–water partition coefficient (Wildman–Crippen LogP) is 6.11. The summed E-state index contributed by atoms with van der Waals surface area (Å²) >= 11 is 0. The number of likely N-dealkylation sites (tertiary alicyclic amines) is 1. The Hall–Kier alpha value is -4.88. The van der Waals surface area contributed by atoms with Crippen LogP contribution in [-0.2, 0) is 24.3 Å². The molecule has 49 heavy (non-hydrogen) atoms. The average Bonchev–Trinajstić information content (AvgIpc) is 3.41. The van der Waals surface area contributed by atoms with Gasteiger partial charge in [-0.3, -0.25) is 0 Å². The molecule has 0 aliphatic carbocycles. The second kappa shape index (κ2) is 14.7. The van der Waals surface area contributed by atoms with Crippen molar-refractivity contribution >= 4 is 28.4 Å². The van der Waals surface area contributed by atoms with Crippen LogP contribution in [0.15, 0.2) is 66.7 Å². The van der Waals surface area contributed by atoms with Crippen LogP contribution in [0.1, 0.15) is 48.1 Å². The Morgan fingerprint density at radius 2 is 1.78 bits per heavy atom. The standard InChI is InChI=1S/C39H45N7O3/c1-28-10-6-13-30-14-7-17-35(36(28)30)44-21-9-16-33-34(25-44)41-38(48-27-32-15-8-20-43(32)2)42-37(33)45-22-23-46(31(24-45)18-19-40)39(47)49-26-29-11-4-3-5-12-29/h3-7,10-14,17,31-32H,8-9,15-16,18,20-27H2,1-2H3/t31-,32-/m0/s1. The third kappa shape index (κ3) is 7.13. The molecule has 7 rings (SSSR count). The molecule has 2 saturated heterocycles. The number of ether oxygens (including phenoxy) is 2. The number of carbonyl (C=O) groups excluding carboxylic acids is 1. The van der Waals surface area contributed by atoms with Crippen molar-refractivity contribution in [2.75, 3.05) is 56.2 Å². The Kier molecular flexibility index (Phi) is 9.80. The van der Waals surface area contributed by atoms with Gasteiger partial charge in [0.25, 0.3) is 0 Å². The first kappa shape index (κ1) is 32.7. The van der Waals surface area contributed by atoms with Gasteiger partial charge in [-0.15, -0.1) is 0 Å². The minimum Gasteiger partial charge on any atom is -0.462 e. The molecule has 3 aliphatic heterocycles. The van der Waals surface area contributed by atoms with E-state index in [1.807, 2.05) is 30.3 Å². The molecule has 0 radical (unpaired) electrons. The zero-order valence-electron chi connectivity index (χ0n) is 28.6. The minimum atomic E-state index is -0.393. The van der Waals surface area contributed by atoms with Crippen molar-refractivity contribution in [3.63, 3.8) is 0 Å². The number of aryl methyl sites for hydroxylation is 1. The van der Waals surface area contributed by atoms with Gasteiger partial charge in [0.2, 0.25) is 0 Å². The summed E-state index contributed by atoms with van der Waals surface area (Å²) in [5.74, 6) is 0.857. The summed E-state index contributed by atoms with van der Waals surface area (Å²) in [6.45, 7) is 7.01. The molecule has 3 aliphatic rings. The van der Waals surface area contributed by atoms with E-state index in [0.29, 0.717) is 44.8 Å². The number of amides is 1. The monoisotopic (exact) mass is 659 g/mol. The zero-order valence-corrected chi connectivity index (χ0v) is 28.6. The van der Waals surface area contributed by atoms with Crippen LogP contribution in [0.4, 0.5) is 16.3 Å². The van der Waals surface area contributed by atoms with Crippen LogP contribution < -0.4 is 14.5 Å². The maximum atomic E-state index is 13.3. The van der Waals surface area contributed by atoms with Crippen molar-refractivity contribution in [1.29, 1.82) is 5.26 Å². The van der Waals surface area contributed by atoms with Crippen LogP contribution in [0.2, 0.25) is 0 Å². The lowest BCUT2D eigenvalue weighted by atomic mass is 10.0. The van der Waals surface area contributed by atoms with Gasteiger partial charge < -0.3 is 29.1 Å². The number of hydrogen-bond acceptors (Lipinski definition) is 9. The third-order valence-electron chi connectivity index (χ3n) is 10.3. The molecule has 0 spiro atoms. The Balaban J connectivity index is 1.18. The molecule has 2 fully saturated rings. The number of anilines is 2. The normalized spacial score (nSPS) is 19.7. The van der Waals surface area contributed by atoms with Crippen LogP contribution in [0.5, 0.6) is 6.01 Å². The molecule has 10 nitrogen and oxygen atoms in total. The van der Waals surface area contributed by atoms with Crippen LogP contribution >= 0.6 is 0 Å². The highest BCUT2D eigenvalue weighted by Gasteiger charge is 2.34. The van der Waals surface area contributed by atoms with Gasteiger partial charge in [-0.1, -0.05) is 60.7 Å². The van der Waals surface area contributed by atoms with Gasteiger partial charge in [0.15, 0.2) is 0 Å². The summed E-state index contributed by atoms with van der Waals surface area (Å²) in [7, 11) is 2.15. The van der Waals surface area contributed by atoms with Crippen molar-refractivity contribution in [2.24, 2.45) is 0 Å². The predicted molar refractivity (Wildman–Crippen MR) is 191 cm³/mol. The second-order valence-electron chi connectivity index (χ2n) is 13.5. The number of fused-ring (bicyclic) bond motifs is 2. The molecule has 4 aromatic rings. The Labute approximate surface area is 288 Å². The maximum Gasteiger partial charge on any atom is 0.410 e. The molecule has 4 heterocycles. The number of likely N-dealkylation sites (N-methyl/N-ethyl adjacent to an activating group) is 1. The molecule has 1 amide bonds. The van der Waals surface area contributed by atoms with E-state index in [1.54, 1.807) is 4.90 Å². The number of aromatic nitrogens is 2. The number of hydrogen-bond donors (Lipinski definition) is 0. The van der Waals surface area contributed by atoms with Crippen LogP contribution in [0.3, 0.4) is 0 Å². The van der Waals surface area contributed by atoms with E-state index in [9.17, 15) is 10.1 Å². The molecule has 0 bridgehead atoms. The fraction of sp³-hybridized carbons (Fsp3) is 0.436. The van der Waals surface area contributed by atoms with Gasteiger partial charge in [0.05, 0.1) is 30.8 Å². The highest BCUT2D eigenvalue weighted by molar-refractivity contribution is 5.96. The van der Waals surface area contributed by atoms with E-state index >= 15 is 0 Å². The number of nitriles is 1. The first-order chi connectivity index (χ1) is 24.0. The summed E-state index contributed by atoms with van der Waals surface area (Å²) in [5, 5.41) is 12.3. The summed E-state index contributed by atoms with van der Waals surface area (Å²) in [5.41, 5.74) is 5.51. The molecule has 2 atom stereocenters. The average molecular weight is 660 g/mol. The van der Waals surface area contributed by atoms with Crippen molar-refractivity contribution < 1.29 is 14.3 Å². The summed E-state index contributed by atoms with van der Waals surface area (Å²) < 4.78 is 12.1. The van der Waals surface area contributed by atoms with Gasteiger partial charge in [-0.05, 0) is 68.8 Å². The molecule has 0 N–H and O–H groups in total. The summed E-state index contributed by atoms with van der Waals surface area (Å²) in [6, 6.07) is 25.4. The minimum absolute atomic E-state index is 0.197. The lowest BCUT2D eigenvalue weighted by molar-refractivity contribution is 0.0767. The Morgan fingerprint density at radius 3 is 2.57 bits per heavy atom. The number of benzene rings is 3. The van der Waals surface area contributed by atoms with Gasteiger partial charge in [0, 0.05) is 48.9 Å². The number of carbonyl (C=O) groups is 1. The van der Waals surface area contributed by atoms with E-state index in [2.05, 4.69) is 71.1 Å². The highest BCUT2D eigenvalue weighted by atomic mass is 16.6. The third-order valence-corrected chi connectivity index (χ3v) is 10.3. The Morgan fingerprint density at radius 1 is 0.939 bits per heavy atom.